The van der Waals surface area contributed by atoms with E-state index in [2.05, 4.69) is 64.3 Å². The predicted octanol–water partition coefficient (Wildman–Crippen LogP) is 5.31. The van der Waals surface area contributed by atoms with Gasteiger partial charge in [-0.15, -0.1) is 0 Å². The summed E-state index contributed by atoms with van der Waals surface area (Å²) in [5, 5.41) is 3.15. The Morgan fingerprint density at radius 2 is 1.64 bits per heavy atom. The average molecular weight is 613 g/mol. The minimum atomic E-state index is -0.146. The van der Waals surface area contributed by atoms with E-state index in [1.165, 1.54) is 11.1 Å². The summed E-state index contributed by atoms with van der Waals surface area (Å²) >= 11 is 0. The van der Waals surface area contributed by atoms with Crippen molar-refractivity contribution < 1.29 is 14.3 Å². The van der Waals surface area contributed by atoms with E-state index in [1.807, 2.05) is 13.0 Å². The Balaban J connectivity index is 1.31. The molecule has 2 N–H and O–H groups in total. The number of morpholine rings is 1. The molecule has 3 aromatic rings. The molecule has 0 saturated carbocycles. The first-order chi connectivity index (χ1) is 21.9. The molecular weight excluding hydrogens is 564 g/mol. The highest BCUT2D eigenvalue weighted by molar-refractivity contribution is 5.99. The number of carbonyl (C=O) groups excluding carboxylic acids is 1. The van der Waals surface area contributed by atoms with Gasteiger partial charge >= 0.3 is 0 Å². The van der Waals surface area contributed by atoms with Crippen LogP contribution in [0.1, 0.15) is 76.5 Å². The van der Waals surface area contributed by atoms with E-state index in [9.17, 15) is 9.59 Å². The topological polar surface area (TPSA) is 86.9 Å². The highest BCUT2D eigenvalue weighted by atomic mass is 16.5. The number of hydrogen-bond acceptors (Lipinski definition) is 6. The standard InChI is InChI=1S/C37H48N4O4/c1-4-41(30-13-17-44-18-14-30)35-22-29(28-11-9-27(10-12-28)24-40-15-19-45-20-16-40)21-33(25(35)2)36(42)38-23-34-32-8-6-5-7-31(32)26(3)39-37(34)43/h9-12,21-22,30H,4-8,13-20,23-24H2,1-3H3,(H,38,42)(H,39,43). The Hall–Kier alpha value is -3.46. The van der Waals surface area contributed by atoms with Crippen LogP contribution in [0.2, 0.25) is 0 Å². The van der Waals surface area contributed by atoms with Crippen LogP contribution in [0.15, 0.2) is 41.2 Å². The van der Waals surface area contributed by atoms with Crippen molar-refractivity contribution in [1.29, 1.82) is 0 Å². The second kappa shape index (κ2) is 14.3. The molecule has 8 nitrogen and oxygen atoms in total. The third-order valence-corrected chi connectivity index (χ3v) is 9.99. The Kier molecular flexibility index (Phi) is 10.0. The van der Waals surface area contributed by atoms with Crippen LogP contribution in [-0.2, 0) is 35.4 Å². The molecule has 0 unspecified atom stereocenters. The molecule has 1 aromatic heterocycles. The van der Waals surface area contributed by atoms with E-state index in [4.69, 9.17) is 9.47 Å². The van der Waals surface area contributed by atoms with Crippen molar-refractivity contribution in [3.8, 4) is 11.1 Å². The fraction of sp³-hybridized carbons (Fsp3) is 0.514. The number of benzene rings is 2. The number of aromatic amines is 1. The second-order valence-corrected chi connectivity index (χ2v) is 12.8. The number of nitrogens with one attached hydrogen (secondary N) is 2. The highest BCUT2D eigenvalue weighted by Gasteiger charge is 2.26. The lowest BCUT2D eigenvalue weighted by molar-refractivity contribution is 0.0342. The minimum absolute atomic E-state index is 0.0894. The van der Waals surface area contributed by atoms with Crippen molar-refractivity contribution in [3.05, 3.63) is 85.8 Å². The Bertz CT molecular complexity index is 1550. The molecule has 240 valence electrons. The van der Waals surface area contributed by atoms with E-state index in [0.717, 1.165) is 125 Å². The third-order valence-electron chi connectivity index (χ3n) is 9.99. The summed E-state index contributed by atoms with van der Waals surface area (Å²) in [5.74, 6) is -0.146. The molecule has 0 radical (unpaired) electrons. The van der Waals surface area contributed by atoms with Gasteiger partial charge < -0.3 is 24.7 Å². The lowest BCUT2D eigenvalue weighted by atomic mass is 9.88. The minimum Gasteiger partial charge on any atom is -0.381 e. The molecule has 6 rings (SSSR count). The normalized spacial score (nSPS) is 17.6. The number of aryl methyl sites for hydroxylation is 1. The van der Waals surface area contributed by atoms with Gasteiger partial charge in [-0.2, -0.15) is 0 Å². The SMILES string of the molecule is CCN(c1cc(-c2ccc(CN3CCOCC3)cc2)cc(C(=O)NCc2c3c(c(C)[nH]c2=O)CCCC3)c1C)C1CCOCC1. The lowest BCUT2D eigenvalue weighted by Crippen LogP contribution is -2.40. The molecule has 0 atom stereocenters. The maximum atomic E-state index is 14.0. The number of fused-ring (bicyclic) bond motifs is 1. The molecule has 3 heterocycles. The molecule has 2 saturated heterocycles. The summed E-state index contributed by atoms with van der Waals surface area (Å²) in [5.41, 5.74) is 10.0. The quantitative estimate of drug-likeness (QED) is 0.341. The van der Waals surface area contributed by atoms with Gasteiger partial charge in [0.2, 0.25) is 0 Å². The van der Waals surface area contributed by atoms with Gasteiger partial charge in [-0.05, 0) is 105 Å². The maximum Gasteiger partial charge on any atom is 0.253 e. The molecule has 2 aromatic carbocycles. The number of anilines is 1. The number of aromatic nitrogens is 1. The van der Waals surface area contributed by atoms with E-state index >= 15 is 0 Å². The smallest absolute Gasteiger partial charge is 0.253 e. The summed E-state index contributed by atoms with van der Waals surface area (Å²) in [6.45, 7) is 13.2. The highest BCUT2D eigenvalue weighted by Crippen LogP contribution is 2.34. The van der Waals surface area contributed by atoms with Crippen LogP contribution < -0.4 is 15.8 Å². The summed E-state index contributed by atoms with van der Waals surface area (Å²) < 4.78 is 11.2. The van der Waals surface area contributed by atoms with Crippen molar-refractivity contribution in [2.45, 2.75) is 78.4 Å². The van der Waals surface area contributed by atoms with Crippen molar-refractivity contribution in [2.75, 3.05) is 51.0 Å². The monoisotopic (exact) mass is 612 g/mol. The lowest BCUT2D eigenvalue weighted by Gasteiger charge is -2.37. The van der Waals surface area contributed by atoms with Crippen LogP contribution in [0.5, 0.6) is 0 Å². The molecule has 45 heavy (non-hydrogen) atoms. The number of amides is 1. The number of rotatable bonds is 9. The molecule has 1 aliphatic carbocycles. The zero-order valence-electron chi connectivity index (χ0n) is 27.2. The van der Waals surface area contributed by atoms with E-state index in [-0.39, 0.29) is 18.0 Å². The molecule has 1 amide bonds. The summed E-state index contributed by atoms with van der Waals surface area (Å²) in [7, 11) is 0. The van der Waals surface area contributed by atoms with E-state index < -0.39 is 0 Å². The molecule has 2 fully saturated rings. The zero-order valence-corrected chi connectivity index (χ0v) is 27.2. The fourth-order valence-corrected chi connectivity index (χ4v) is 7.40. The Labute approximate surface area is 267 Å². The van der Waals surface area contributed by atoms with Gasteiger partial charge in [-0.1, -0.05) is 24.3 Å². The predicted molar refractivity (Wildman–Crippen MR) is 179 cm³/mol. The van der Waals surface area contributed by atoms with Gasteiger partial charge in [0.15, 0.2) is 0 Å². The van der Waals surface area contributed by atoms with Gasteiger partial charge in [0.25, 0.3) is 11.5 Å². The van der Waals surface area contributed by atoms with Gasteiger partial charge in [0, 0.05) is 74.5 Å². The molecule has 0 spiro atoms. The van der Waals surface area contributed by atoms with Crippen molar-refractivity contribution in [1.82, 2.24) is 15.2 Å². The van der Waals surface area contributed by atoms with Crippen LogP contribution in [0.25, 0.3) is 11.1 Å². The van der Waals surface area contributed by atoms with E-state index in [0.29, 0.717) is 17.2 Å². The average Bonchev–Trinajstić information content (AvgIpc) is 3.07. The summed E-state index contributed by atoms with van der Waals surface area (Å²) in [6, 6.07) is 13.4. The molecule has 8 heteroatoms. The first-order valence-corrected chi connectivity index (χ1v) is 16.8. The third kappa shape index (κ3) is 7.03. The van der Waals surface area contributed by atoms with E-state index in [1.54, 1.807) is 0 Å². The van der Waals surface area contributed by atoms with Crippen LogP contribution in [0, 0.1) is 13.8 Å². The van der Waals surface area contributed by atoms with Crippen LogP contribution in [0.4, 0.5) is 5.69 Å². The molecule has 0 bridgehead atoms. The summed E-state index contributed by atoms with van der Waals surface area (Å²) in [6.07, 6.45) is 6.02. The summed E-state index contributed by atoms with van der Waals surface area (Å²) in [4.78, 5) is 35.0. The second-order valence-electron chi connectivity index (χ2n) is 12.8. The first-order valence-electron chi connectivity index (χ1n) is 16.8. The fourth-order valence-electron chi connectivity index (χ4n) is 7.40. The van der Waals surface area contributed by atoms with Crippen molar-refractivity contribution in [2.24, 2.45) is 0 Å². The zero-order chi connectivity index (χ0) is 31.3. The van der Waals surface area contributed by atoms with Gasteiger partial charge in [-0.3, -0.25) is 14.5 Å². The number of nitrogens with zero attached hydrogens (tertiary/aromatic N) is 2. The van der Waals surface area contributed by atoms with Crippen LogP contribution in [0.3, 0.4) is 0 Å². The van der Waals surface area contributed by atoms with Crippen molar-refractivity contribution >= 4 is 11.6 Å². The molecular formula is C37H48N4O4. The Morgan fingerprint density at radius 3 is 2.36 bits per heavy atom. The van der Waals surface area contributed by atoms with Gasteiger partial charge in [0.05, 0.1) is 13.2 Å². The molecule has 2 aliphatic heterocycles. The molecule has 3 aliphatic rings. The number of H-pyrrole nitrogens is 1. The largest absolute Gasteiger partial charge is 0.381 e. The van der Waals surface area contributed by atoms with Crippen LogP contribution in [-0.4, -0.2) is 67.9 Å². The number of hydrogen-bond donors (Lipinski definition) is 2. The first kappa shape index (κ1) is 31.5. The van der Waals surface area contributed by atoms with Gasteiger partial charge in [0.1, 0.15) is 0 Å². The maximum absolute atomic E-state index is 14.0. The van der Waals surface area contributed by atoms with Gasteiger partial charge in [-0.25, -0.2) is 0 Å². The van der Waals surface area contributed by atoms with Crippen molar-refractivity contribution in [3.63, 3.8) is 0 Å². The Morgan fingerprint density at radius 1 is 0.956 bits per heavy atom. The number of carbonyl (C=O) groups is 1. The number of ether oxygens (including phenoxy) is 2. The number of pyridine rings is 1. The van der Waals surface area contributed by atoms with Crippen LogP contribution >= 0.6 is 0 Å².